The van der Waals surface area contributed by atoms with E-state index in [9.17, 15) is 13.6 Å². The van der Waals surface area contributed by atoms with Crippen molar-refractivity contribution in [2.45, 2.75) is 32.2 Å². The molecule has 1 aromatic rings. The number of carbonyl (C=O) groups excluding carboxylic acids is 1. The van der Waals surface area contributed by atoms with Crippen LogP contribution in [0.5, 0.6) is 0 Å². The molecule has 3 nitrogen and oxygen atoms in total. The van der Waals surface area contributed by atoms with E-state index in [4.69, 9.17) is 5.73 Å². The smallest absolute Gasteiger partial charge is 0.227 e. The summed E-state index contributed by atoms with van der Waals surface area (Å²) in [5.41, 5.74) is 6.10. The lowest BCUT2D eigenvalue weighted by molar-refractivity contribution is -0.132. The summed E-state index contributed by atoms with van der Waals surface area (Å²) in [5, 5.41) is 0. The van der Waals surface area contributed by atoms with Crippen LogP contribution in [0, 0.1) is 17.6 Å². The standard InChI is InChI=1S/C15H20F2N2O.ClH/c1-10(18)11-4-6-19(7-5-11)15(20)8-12-2-3-13(16)9-14(12)17;/h2-3,9-11H,4-8,18H2,1H3;1H. The Balaban J connectivity index is 0.00000220. The van der Waals surface area contributed by atoms with Crippen molar-refractivity contribution in [3.8, 4) is 0 Å². The molecular formula is C15H21ClF2N2O. The van der Waals surface area contributed by atoms with Crippen molar-refractivity contribution in [1.82, 2.24) is 4.90 Å². The summed E-state index contributed by atoms with van der Waals surface area (Å²) in [6.45, 7) is 3.30. The maximum atomic E-state index is 13.5. The van der Waals surface area contributed by atoms with Crippen molar-refractivity contribution in [2.75, 3.05) is 13.1 Å². The van der Waals surface area contributed by atoms with Gasteiger partial charge in [0.15, 0.2) is 0 Å². The van der Waals surface area contributed by atoms with Crippen LogP contribution in [0.1, 0.15) is 25.3 Å². The van der Waals surface area contributed by atoms with Gasteiger partial charge >= 0.3 is 0 Å². The number of hydrogen-bond acceptors (Lipinski definition) is 2. The average molecular weight is 319 g/mol. The van der Waals surface area contributed by atoms with Gasteiger partial charge in [0.25, 0.3) is 0 Å². The van der Waals surface area contributed by atoms with Crippen LogP contribution in [0.2, 0.25) is 0 Å². The van der Waals surface area contributed by atoms with Crippen LogP contribution in [-0.2, 0) is 11.2 Å². The molecule has 0 spiro atoms. The second kappa shape index (κ2) is 7.71. The molecule has 1 unspecified atom stereocenters. The van der Waals surface area contributed by atoms with E-state index in [1.165, 1.54) is 12.1 Å². The Labute approximate surface area is 129 Å². The minimum absolute atomic E-state index is 0. The SMILES string of the molecule is CC(N)C1CCN(C(=O)Cc2ccc(F)cc2F)CC1.Cl. The molecule has 21 heavy (non-hydrogen) atoms. The van der Waals surface area contributed by atoms with E-state index in [2.05, 4.69) is 0 Å². The van der Waals surface area contributed by atoms with Gasteiger partial charge < -0.3 is 10.6 Å². The first-order chi connectivity index (χ1) is 9.47. The number of carbonyl (C=O) groups is 1. The van der Waals surface area contributed by atoms with Crippen molar-refractivity contribution < 1.29 is 13.6 Å². The van der Waals surface area contributed by atoms with E-state index in [1.807, 2.05) is 6.92 Å². The van der Waals surface area contributed by atoms with Crippen LogP contribution in [0.15, 0.2) is 18.2 Å². The van der Waals surface area contributed by atoms with Gasteiger partial charge in [-0.05, 0) is 37.3 Å². The Bertz CT molecular complexity index is 489. The predicted octanol–water partition coefficient (Wildman–Crippen LogP) is 2.51. The molecule has 1 fully saturated rings. The van der Waals surface area contributed by atoms with Crippen LogP contribution >= 0.6 is 12.4 Å². The third kappa shape index (κ3) is 4.64. The molecule has 6 heteroatoms. The maximum Gasteiger partial charge on any atom is 0.227 e. The Morgan fingerprint density at radius 3 is 2.52 bits per heavy atom. The topological polar surface area (TPSA) is 46.3 Å². The van der Waals surface area contributed by atoms with Crippen LogP contribution in [-0.4, -0.2) is 29.9 Å². The highest BCUT2D eigenvalue weighted by molar-refractivity contribution is 5.85. The first-order valence-electron chi connectivity index (χ1n) is 6.94. The number of halogens is 3. The molecule has 1 aliphatic rings. The Morgan fingerprint density at radius 2 is 2.00 bits per heavy atom. The number of nitrogens with zero attached hydrogens (tertiary/aromatic N) is 1. The van der Waals surface area contributed by atoms with Gasteiger partial charge in [-0.25, -0.2) is 8.78 Å². The third-order valence-corrected chi connectivity index (χ3v) is 3.99. The van der Waals surface area contributed by atoms with Crippen molar-refractivity contribution in [2.24, 2.45) is 11.7 Å². The van der Waals surface area contributed by atoms with Crippen LogP contribution in [0.25, 0.3) is 0 Å². The monoisotopic (exact) mass is 318 g/mol. The van der Waals surface area contributed by atoms with E-state index in [-0.39, 0.29) is 36.3 Å². The summed E-state index contributed by atoms with van der Waals surface area (Å²) < 4.78 is 26.3. The molecule has 1 saturated heterocycles. The maximum absolute atomic E-state index is 13.5. The van der Waals surface area contributed by atoms with Crippen LogP contribution in [0.4, 0.5) is 8.78 Å². The zero-order chi connectivity index (χ0) is 14.7. The quantitative estimate of drug-likeness (QED) is 0.931. The van der Waals surface area contributed by atoms with Crippen molar-refractivity contribution in [3.63, 3.8) is 0 Å². The van der Waals surface area contributed by atoms with E-state index in [1.54, 1.807) is 4.90 Å². The Morgan fingerprint density at radius 1 is 1.38 bits per heavy atom. The van der Waals surface area contributed by atoms with Gasteiger partial charge in [-0.1, -0.05) is 6.07 Å². The highest BCUT2D eigenvalue weighted by Gasteiger charge is 2.25. The summed E-state index contributed by atoms with van der Waals surface area (Å²) in [4.78, 5) is 13.9. The lowest BCUT2D eigenvalue weighted by Crippen LogP contribution is -2.43. The highest BCUT2D eigenvalue weighted by atomic mass is 35.5. The second-order valence-corrected chi connectivity index (χ2v) is 5.49. The third-order valence-electron chi connectivity index (χ3n) is 3.99. The summed E-state index contributed by atoms with van der Waals surface area (Å²) in [6, 6.07) is 3.46. The molecule has 0 bridgehead atoms. The molecule has 2 N–H and O–H groups in total. The minimum Gasteiger partial charge on any atom is -0.342 e. The number of amides is 1. The molecule has 1 heterocycles. The average Bonchev–Trinajstić information content (AvgIpc) is 2.42. The molecule has 118 valence electrons. The Kier molecular flexibility index (Phi) is 6.55. The lowest BCUT2D eigenvalue weighted by Gasteiger charge is -2.33. The summed E-state index contributed by atoms with van der Waals surface area (Å²) >= 11 is 0. The van der Waals surface area contributed by atoms with E-state index < -0.39 is 11.6 Å². The van der Waals surface area contributed by atoms with Gasteiger partial charge in [0.1, 0.15) is 11.6 Å². The van der Waals surface area contributed by atoms with E-state index in [0.717, 1.165) is 18.9 Å². The molecule has 0 saturated carbocycles. The number of hydrogen-bond donors (Lipinski definition) is 1. The summed E-state index contributed by atoms with van der Waals surface area (Å²) in [7, 11) is 0. The van der Waals surface area contributed by atoms with Crippen LogP contribution in [0.3, 0.4) is 0 Å². The second-order valence-electron chi connectivity index (χ2n) is 5.49. The number of piperidine rings is 1. The Hall–Kier alpha value is -1.20. The largest absolute Gasteiger partial charge is 0.342 e. The normalized spacial score (nSPS) is 17.2. The van der Waals surface area contributed by atoms with Crippen molar-refractivity contribution in [1.29, 1.82) is 0 Å². The number of rotatable bonds is 3. The fraction of sp³-hybridized carbons (Fsp3) is 0.533. The lowest BCUT2D eigenvalue weighted by atomic mass is 9.91. The first-order valence-corrected chi connectivity index (χ1v) is 6.94. The fourth-order valence-corrected chi connectivity index (χ4v) is 2.61. The van der Waals surface area contributed by atoms with Gasteiger partial charge in [-0.2, -0.15) is 0 Å². The number of likely N-dealkylation sites (tertiary alicyclic amines) is 1. The molecule has 2 rings (SSSR count). The summed E-state index contributed by atoms with van der Waals surface area (Å²) in [5.74, 6) is -0.958. The molecule has 0 aliphatic carbocycles. The van der Waals surface area contributed by atoms with E-state index >= 15 is 0 Å². The van der Waals surface area contributed by atoms with Gasteiger partial charge in [0.2, 0.25) is 5.91 Å². The molecule has 1 aliphatic heterocycles. The van der Waals surface area contributed by atoms with Gasteiger partial charge in [0, 0.05) is 25.2 Å². The number of benzene rings is 1. The molecule has 0 radical (unpaired) electrons. The van der Waals surface area contributed by atoms with Crippen molar-refractivity contribution >= 4 is 18.3 Å². The molecule has 1 atom stereocenters. The van der Waals surface area contributed by atoms with Gasteiger partial charge in [-0.15, -0.1) is 12.4 Å². The van der Waals surface area contributed by atoms with Gasteiger partial charge in [-0.3, -0.25) is 4.79 Å². The first kappa shape index (κ1) is 17.9. The molecule has 1 aromatic carbocycles. The minimum atomic E-state index is -0.663. The summed E-state index contributed by atoms with van der Waals surface area (Å²) in [6.07, 6.45) is 1.75. The highest BCUT2D eigenvalue weighted by Crippen LogP contribution is 2.20. The molecule has 1 amide bonds. The van der Waals surface area contributed by atoms with Crippen molar-refractivity contribution in [3.05, 3.63) is 35.4 Å². The van der Waals surface area contributed by atoms with E-state index in [0.29, 0.717) is 19.0 Å². The predicted molar refractivity (Wildman–Crippen MR) is 80.3 cm³/mol. The number of nitrogens with two attached hydrogens (primary N) is 1. The fourth-order valence-electron chi connectivity index (χ4n) is 2.61. The zero-order valence-corrected chi connectivity index (χ0v) is 12.8. The zero-order valence-electron chi connectivity index (χ0n) is 12.0. The molecule has 0 aromatic heterocycles. The van der Waals surface area contributed by atoms with Gasteiger partial charge in [0.05, 0.1) is 6.42 Å². The van der Waals surface area contributed by atoms with Crippen LogP contribution < -0.4 is 5.73 Å². The molecular weight excluding hydrogens is 298 g/mol.